The highest BCUT2D eigenvalue weighted by Gasteiger charge is 2.12. The van der Waals surface area contributed by atoms with Gasteiger partial charge in [-0.15, -0.1) is 6.42 Å². The smallest absolute Gasteiger partial charge is 0.127 e. The van der Waals surface area contributed by atoms with Gasteiger partial charge in [0.25, 0.3) is 0 Å². The van der Waals surface area contributed by atoms with Gasteiger partial charge in [0.2, 0.25) is 0 Å². The molecule has 24 heavy (non-hydrogen) atoms. The average Bonchev–Trinajstić information content (AvgIpc) is 2.67. The van der Waals surface area contributed by atoms with Gasteiger partial charge in [0, 0.05) is 16.7 Å². The molecule has 0 spiro atoms. The maximum absolute atomic E-state index is 6.04. The van der Waals surface area contributed by atoms with Crippen molar-refractivity contribution in [1.29, 1.82) is 0 Å². The second-order valence-corrected chi connectivity index (χ2v) is 5.33. The topological polar surface area (TPSA) is 18.5 Å². The Kier molecular flexibility index (Phi) is 4.84. The van der Waals surface area contributed by atoms with Crippen molar-refractivity contribution in [2.75, 3.05) is 7.11 Å². The SMILES string of the molecule is C#Cc1ccc(OC)c(-c2ccccc2OCc2ccccc2)c1. The van der Waals surface area contributed by atoms with Crippen molar-refractivity contribution < 1.29 is 9.47 Å². The second kappa shape index (κ2) is 7.39. The van der Waals surface area contributed by atoms with E-state index in [9.17, 15) is 0 Å². The number of hydrogen-bond acceptors (Lipinski definition) is 2. The predicted molar refractivity (Wildman–Crippen MR) is 97.1 cm³/mol. The Bertz CT molecular complexity index is 861. The van der Waals surface area contributed by atoms with Gasteiger partial charge in [-0.2, -0.15) is 0 Å². The zero-order valence-corrected chi connectivity index (χ0v) is 13.5. The molecule has 0 unspecified atom stereocenters. The van der Waals surface area contributed by atoms with Crippen molar-refractivity contribution in [3.05, 3.63) is 83.9 Å². The highest BCUT2D eigenvalue weighted by atomic mass is 16.5. The Morgan fingerprint density at radius 3 is 2.33 bits per heavy atom. The van der Waals surface area contributed by atoms with Crippen LogP contribution in [-0.2, 0) is 6.61 Å². The fourth-order valence-corrected chi connectivity index (χ4v) is 2.56. The number of methoxy groups -OCH3 is 1. The first kappa shape index (κ1) is 15.7. The summed E-state index contributed by atoms with van der Waals surface area (Å²) in [4.78, 5) is 0. The van der Waals surface area contributed by atoms with E-state index in [2.05, 4.69) is 5.92 Å². The third kappa shape index (κ3) is 3.42. The molecule has 2 nitrogen and oxygen atoms in total. The lowest BCUT2D eigenvalue weighted by atomic mass is 10.0. The molecule has 0 saturated carbocycles. The molecular formula is C22H18O2. The normalized spacial score (nSPS) is 10.0. The first-order valence-corrected chi connectivity index (χ1v) is 7.72. The molecule has 0 aromatic heterocycles. The first-order valence-electron chi connectivity index (χ1n) is 7.72. The lowest BCUT2D eigenvalue weighted by Crippen LogP contribution is -1.97. The molecule has 2 heteroatoms. The fraction of sp³-hybridized carbons (Fsp3) is 0.0909. The minimum atomic E-state index is 0.509. The lowest BCUT2D eigenvalue weighted by Gasteiger charge is -2.14. The summed E-state index contributed by atoms with van der Waals surface area (Å²) >= 11 is 0. The Morgan fingerprint density at radius 1 is 0.833 bits per heavy atom. The van der Waals surface area contributed by atoms with Gasteiger partial charge >= 0.3 is 0 Å². The minimum Gasteiger partial charge on any atom is -0.496 e. The monoisotopic (exact) mass is 314 g/mol. The van der Waals surface area contributed by atoms with Gasteiger partial charge in [0.15, 0.2) is 0 Å². The van der Waals surface area contributed by atoms with Gasteiger partial charge < -0.3 is 9.47 Å². The van der Waals surface area contributed by atoms with Crippen LogP contribution in [0.1, 0.15) is 11.1 Å². The van der Waals surface area contributed by atoms with Crippen molar-refractivity contribution in [2.24, 2.45) is 0 Å². The average molecular weight is 314 g/mol. The van der Waals surface area contributed by atoms with E-state index in [1.165, 1.54) is 0 Å². The zero-order chi connectivity index (χ0) is 16.8. The Morgan fingerprint density at radius 2 is 1.58 bits per heavy atom. The van der Waals surface area contributed by atoms with E-state index >= 15 is 0 Å². The van der Waals surface area contributed by atoms with Crippen LogP contribution in [0.5, 0.6) is 11.5 Å². The van der Waals surface area contributed by atoms with E-state index < -0.39 is 0 Å². The van der Waals surface area contributed by atoms with Crippen molar-refractivity contribution >= 4 is 0 Å². The second-order valence-electron chi connectivity index (χ2n) is 5.33. The van der Waals surface area contributed by atoms with Crippen LogP contribution in [0.25, 0.3) is 11.1 Å². The van der Waals surface area contributed by atoms with Gasteiger partial charge in [-0.05, 0) is 29.8 Å². The molecule has 0 bridgehead atoms. The molecule has 0 atom stereocenters. The van der Waals surface area contributed by atoms with Crippen molar-refractivity contribution in [3.63, 3.8) is 0 Å². The Hall–Kier alpha value is -3.18. The summed E-state index contributed by atoms with van der Waals surface area (Å²) in [6.45, 7) is 0.509. The van der Waals surface area contributed by atoms with Crippen LogP contribution in [0.2, 0.25) is 0 Å². The Labute approximate surface area is 142 Å². The van der Waals surface area contributed by atoms with Crippen LogP contribution in [0.4, 0.5) is 0 Å². The number of benzene rings is 3. The van der Waals surface area contributed by atoms with Gasteiger partial charge in [-0.1, -0.05) is 54.5 Å². The fourth-order valence-electron chi connectivity index (χ4n) is 2.56. The number of ether oxygens (including phenoxy) is 2. The molecule has 3 aromatic rings. The molecule has 0 saturated heterocycles. The summed E-state index contributed by atoms with van der Waals surface area (Å²) < 4.78 is 11.5. The van der Waals surface area contributed by atoms with Crippen LogP contribution >= 0.6 is 0 Å². The van der Waals surface area contributed by atoms with Crippen LogP contribution in [0.3, 0.4) is 0 Å². The van der Waals surface area contributed by atoms with E-state index in [1.54, 1.807) is 7.11 Å². The van der Waals surface area contributed by atoms with E-state index in [0.29, 0.717) is 6.61 Å². The summed E-state index contributed by atoms with van der Waals surface area (Å²) in [6, 6.07) is 23.7. The van der Waals surface area contributed by atoms with Crippen LogP contribution in [0.15, 0.2) is 72.8 Å². The number of hydrogen-bond donors (Lipinski definition) is 0. The molecule has 0 aliphatic heterocycles. The number of rotatable bonds is 5. The molecule has 0 aliphatic carbocycles. The van der Waals surface area contributed by atoms with Crippen molar-refractivity contribution in [2.45, 2.75) is 6.61 Å². The van der Waals surface area contributed by atoms with Gasteiger partial charge in [0.05, 0.1) is 7.11 Å². The quantitative estimate of drug-likeness (QED) is 0.622. The van der Waals surface area contributed by atoms with Gasteiger partial charge in [-0.25, -0.2) is 0 Å². The maximum atomic E-state index is 6.04. The molecule has 3 rings (SSSR count). The van der Waals surface area contributed by atoms with E-state index in [4.69, 9.17) is 15.9 Å². The third-order valence-corrected chi connectivity index (χ3v) is 3.78. The summed E-state index contributed by atoms with van der Waals surface area (Å²) in [5.41, 5.74) is 3.82. The summed E-state index contributed by atoms with van der Waals surface area (Å²) in [7, 11) is 1.65. The molecule has 0 aliphatic rings. The van der Waals surface area contributed by atoms with Crippen LogP contribution in [-0.4, -0.2) is 7.11 Å². The zero-order valence-electron chi connectivity index (χ0n) is 13.5. The minimum absolute atomic E-state index is 0.509. The van der Waals surface area contributed by atoms with Gasteiger partial charge in [0.1, 0.15) is 18.1 Å². The molecule has 3 aromatic carbocycles. The van der Waals surface area contributed by atoms with Gasteiger partial charge in [-0.3, -0.25) is 0 Å². The van der Waals surface area contributed by atoms with Crippen LogP contribution < -0.4 is 9.47 Å². The predicted octanol–water partition coefficient (Wildman–Crippen LogP) is 4.92. The first-order chi connectivity index (χ1) is 11.8. The maximum Gasteiger partial charge on any atom is 0.127 e. The third-order valence-electron chi connectivity index (χ3n) is 3.78. The van der Waals surface area contributed by atoms with E-state index in [1.807, 2.05) is 72.8 Å². The molecule has 0 fully saturated rings. The number of terminal acetylenes is 1. The lowest BCUT2D eigenvalue weighted by molar-refractivity contribution is 0.307. The number of para-hydroxylation sites is 1. The summed E-state index contributed by atoms with van der Waals surface area (Å²) in [5.74, 6) is 4.24. The molecule has 0 heterocycles. The van der Waals surface area contributed by atoms with Crippen molar-refractivity contribution in [3.8, 4) is 35.0 Å². The summed E-state index contributed by atoms with van der Waals surface area (Å²) in [5, 5.41) is 0. The van der Waals surface area contributed by atoms with E-state index in [-0.39, 0.29) is 0 Å². The molecule has 0 radical (unpaired) electrons. The Balaban J connectivity index is 1.96. The molecule has 0 amide bonds. The molecular weight excluding hydrogens is 296 g/mol. The van der Waals surface area contributed by atoms with Crippen molar-refractivity contribution in [1.82, 2.24) is 0 Å². The standard InChI is InChI=1S/C22H18O2/c1-3-17-13-14-21(23-2)20(15-17)19-11-7-8-12-22(19)24-16-18-9-5-4-6-10-18/h1,4-15H,16H2,2H3. The van der Waals surface area contributed by atoms with E-state index in [0.717, 1.165) is 33.8 Å². The molecule has 118 valence electrons. The summed E-state index contributed by atoms with van der Waals surface area (Å²) in [6.07, 6.45) is 5.54. The highest BCUT2D eigenvalue weighted by molar-refractivity contribution is 5.77. The largest absolute Gasteiger partial charge is 0.496 e. The van der Waals surface area contributed by atoms with Crippen LogP contribution in [0, 0.1) is 12.3 Å². The molecule has 0 N–H and O–H groups in total. The highest BCUT2D eigenvalue weighted by Crippen LogP contribution is 2.37.